The standard InChI is InChI=1S/C11H13ClIN/c12-10-6-8(13)4-5-9(10)11(14)7-2-1-3-7/h4-7,11H,1-3,14H2/t11-/m1/s1. The van der Waals surface area contributed by atoms with Crippen LogP contribution in [0.25, 0.3) is 0 Å². The van der Waals surface area contributed by atoms with Crippen molar-refractivity contribution in [3.05, 3.63) is 32.4 Å². The quantitative estimate of drug-likeness (QED) is 0.825. The zero-order valence-electron chi connectivity index (χ0n) is 7.84. The Bertz CT molecular complexity index is 336. The second-order valence-electron chi connectivity index (χ2n) is 3.88. The van der Waals surface area contributed by atoms with E-state index in [4.69, 9.17) is 17.3 Å². The fourth-order valence-electron chi connectivity index (χ4n) is 1.82. The first kappa shape index (κ1) is 10.7. The van der Waals surface area contributed by atoms with Crippen molar-refractivity contribution in [2.75, 3.05) is 0 Å². The highest BCUT2D eigenvalue weighted by Gasteiger charge is 2.26. The van der Waals surface area contributed by atoms with E-state index < -0.39 is 0 Å². The molecule has 1 fully saturated rings. The smallest absolute Gasteiger partial charge is 0.0464 e. The minimum Gasteiger partial charge on any atom is -0.324 e. The maximum absolute atomic E-state index is 6.16. The van der Waals surface area contributed by atoms with Crippen LogP contribution in [0.4, 0.5) is 0 Å². The van der Waals surface area contributed by atoms with Gasteiger partial charge in [0, 0.05) is 14.6 Å². The number of hydrogen-bond acceptors (Lipinski definition) is 1. The van der Waals surface area contributed by atoms with Gasteiger partial charge in [-0.15, -0.1) is 0 Å². The van der Waals surface area contributed by atoms with Crippen LogP contribution < -0.4 is 5.73 Å². The average Bonchev–Trinajstić information content (AvgIpc) is 2.00. The molecule has 0 heterocycles. The third kappa shape index (κ3) is 2.07. The van der Waals surface area contributed by atoms with Gasteiger partial charge in [-0.3, -0.25) is 0 Å². The number of rotatable bonds is 2. The van der Waals surface area contributed by atoms with Crippen molar-refractivity contribution in [3.8, 4) is 0 Å². The second-order valence-corrected chi connectivity index (χ2v) is 5.54. The Balaban J connectivity index is 2.22. The lowest BCUT2D eigenvalue weighted by Gasteiger charge is -2.31. The summed E-state index contributed by atoms with van der Waals surface area (Å²) in [6, 6.07) is 6.25. The van der Waals surface area contributed by atoms with Gasteiger partial charge in [-0.2, -0.15) is 0 Å². The summed E-state index contributed by atoms with van der Waals surface area (Å²) in [5.74, 6) is 0.646. The molecular weight excluding hydrogens is 308 g/mol. The van der Waals surface area contributed by atoms with Gasteiger partial charge < -0.3 is 5.73 Å². The lowest BCUT2D eigenvalue weighted by Crippen LogP contribution is -2.27. The van der Waals surface area contributed by atoms with E-state index in [0.717, 1.165) is 14.2 Å². The van der Waals surface area contributed by atoms with Crippen molar-refractivity contribution in [2.45, 2.75) is 25.3 Å². The van der Waals surface area contributed by atoms with E-state index in [1.165, 1.54) is 19.3 Å². The maximum atomic E-state index is 6.16. The van der Waals surface area contributed by atoms with Crippen molar-refractivity contribution in [2.24, 2.45) is 11.7 Å². The molecule has 1 aliphatic carbocycles. The van der Waals surface area contributed by atoms with Gasteiger partial charge in [-0.1, -0.05) is 24.1 Å². The molecule has 1 aromatic carbocycles. The molecule has 3 heteroatoms. The molecule has 1 aliphatic rings. The second kappa shape index (κ2) is 4.37. The molecule has 0 radical (unpaired) electrons. The number of benzene rings is 1. The minimum absolute atomic E-state index is 0.133. The molecule has 0 unspecified atom stereocenters. The fourth-order valence-corrected chi connectivity index (χ4v) is 2.81. The predicted octanol–water partition coefficient (Wildman–Crippen LogP) is 3.74. The van der Waals surface area contributed by atoms with Gasteiger partial charge in [0.2, 0.25) is 0 Å². The minimum atomic E-state index is 0.133. The maximum Gasteiger partial charge on any atom is 0.0464 e. The highest BCUT2D eigenvalue weighted by molar-refractivity contribution is 14.1. The zero-order chi connectivity index (χ0) is 10.1. The topological polar surface area (TPSA) is 26.0 Å². The van der Waals surface area contributed by atoms with Gasteiger partial charge in [0.25, 0.3) is 0 Å². The zero-order valence-corrected chi connectivity index (χ0v) is 10.8. The molecule has 76 valence electrons. The lowest BCUT2D eigenvalue weighted by atomic mass is 9.77. The summed E-state index contributed by atoms with van der Waals surface area (Å²) in [6.45, 7) is 0. The van der Waals surface area contributed by atoms with Gasteiger partial charge in [-0.05, 0) is 59.0 Å². The third-order valence-corrected chi connectivity index (χ3v) is 3.98. The van der Waals surface area contributed by atoms with Crippen LogP contribution in [0.3, 0.4) is 0 Å². The third-order valence-electron chi connectivity index (χ3n) is 2.98. The van der Waals surface area contributed by atoms with Crippen LogP contribution in [0.2, 0.25) is 5.02 Å². The summed E-state index contributed by atoms with van der Waals surface area (Å²) in [6.07, 6.45) is 3.83. The summed E-state index contributed by atoms with van der Waals surface area (Å²) in [4.78, 5) is 0. The molecule has 2 rings (SSSR count). The number of halogens is 2. The van der Waals surface area contributed by atoms with E-state index in [0.29, 0.717) is 5.92 Å². The monoisotopic (exact) mass is 321 g/mol. The summed E-state index contributed by atoms with van der Waals surface area (Å²) in [5.41, 5.74) is 7.27. The summed E-state index contributed by atoms with van der Waals surface area (Å²) < 4.78 is 1.16. The summed E-state index contributed by atoms with van der Waals surface area (Å²) in [7, 11) is 0. The van der Waals surface area contributed by atoms with Crippen molar-refractivity contribution in [1.82, 2.24) is 0 Å². The largest absolute Gasteiger partial charge is 0.324 e. The van der Waals surface area contributed by atoms with Gasteiger partial charge >= 0.3 is 0 Å². The normalized spacial score (nSPS) is 19.1. The highest BCUT2D eigenvalue weighted by Crippen LogP contribution is 2.38. The Labute approximate surface area is 103 Å². The van der Waals surface area contributed by atoms with Crippen LogP contribution in [0.15, 0.2) is 18.2 Å². The van der Waals surface area contributed by atoms with Gasteiger partial charge in [0.15, 0.2) is 0 Å². The van der Waals surface area contributed by atoms with E-state index in [2.05, 4.69) is 34.7 Å². The molecule has 0 aliphatic heterocycles. The van der Waals surface area contributed by atoms with Crippen LogP contribution in [-0.4, -0.2) is 0 Å². The lowest BCUT2D eigenvalue weighted by molar-refractivity contribution is 0.264. The van der Waals surface area contributed by atoms with Gasteiger partial charge in [-0.25, -0.2) is 0 Å². The van der Waals surface area contributed by atoms with E-state index in [1.807, 2.05) is 6.07 Å². The molecule has 1 nitrogen and oxygen atoms in total. The Kier molecular flexibility index (Phi) is 3.34. The van der Waals surface area contributed by atoms with Crippen molar-refractivity contribution in [3.63, 3.8) is 0 Å². The Morgan fingerprint density at radius 2 is 2.14 bits per heavy atom. The molecule has 2 N–H and O–H groups in total. The Morgan fingerprint density at radius 1 is 1.43 bits per heavy atom. The SMILES string of the molecule is N[C@@H](c1ccc(I)cc1Cl)C1CCC1. The van der Waals surface area contributed by atoms with Crippen LogP contribution >= 0.6 is 34.2 Å². The Hall–Kier alpha value is 0.200. The molecule has 0 saturated heterocycles. The number of hydrogen-bond donors (Lipinski definition) is 1. The van der Waals surface area contributed by atoms with Crippen molar-refractivity contribution in [1.29, 1.82) is 0 Å². The predicted molar refractivity (Wildman–Crippen MR) is 68.4 cm³/mol. The first-order chi connectivity index (χ1) is 6.68. The Morgan fingerprint density at radius 3 is 2.64 bits per heavy atom. The van der Waals surface area contributed by atoms with E-state index in [-0.39, 0.29) is 6.04 Å². The molecule has 0 spiro atoms. The van der Waals surface area contributed by atoms with E-state index in [9.17, 15) is 0 Å². The van der Waals surface area contributed by atoms with Crippen molar-refractivity contribution < 1.29 is 0 Å². The van der Waals surface area contributed by atoms with Gasteiger partial charge in [0.1, 0.15) is 0 Å². The average molecular weight is 322 g/mol. The van der Waals surface area contributed by atoms with Crippen LogP contribution in [0.1, 0.15) is 30.9 Å². The first-order valence-corrected chi connectivity index (χ1v) is 6.34. The van der Waals surface area contributed by atoms with Gasteiger partial charge in [0.05, 0.1) is 0 Å². The molecule has 0 bridgehead atoms. The molecule has 1 aromatic rings. The molecule has 0 aromatic heterocycles. The summed E-state index contributed by atoms with van der Waals surface area (Å²) >= 11 is 8.43. The fraction of sp³-hybridized carbons (Fsp3) is 0.455. The molecule has 0 amide bonds. The van der Waals surface area contributed by atoms with Crippen molar-refractivity contribution >= 4 is 34.2 Å². The summed E-state index contributed by atoms with van der Waals surface area (Å²) in [5, 5.41) is 0.816. The highest BCUT2D eigenvalue weighted by atomic mass is 127. The van der Waals surface area contributed by atoms with Crippen LogP contribution in [0, 0.1) is 9.49 Å². The van der Waals surface area contributed by atoms with E-state index in [1.54, 1.807) is 0 Å². The molecule has 1 atom stereocenters. The molecule has 14 heavy (non-hydrogen) atoms. The molecule has 1 saturated carbocycles. The molecular formula is C11H13ClIN. The van der Waals surface area contributed by atoms with E-state index >= 15 is 0 Å². The van der Waals surface area contributed by atoms with Crippen LogP contribution in [-0.2, 0) is 0 Å². The first-order valence-electron chi connectivity index (χ1n) is 4.89. The van der Waals surface area contributed by atoms with Crippen LogP contribution in [0.5, 0.6) is 0 Å². The number of nitrogens with two attached hydrogens (primary N) is 1.